The van der Waals surface area contributed by atoms with Gasteiger partial charge in [0.05, 0.1) is 6.54 Å². The van der Waals surface area contributed by atoms with E-state index in [4.69, 9.17) is 0 Å². The van der Waals surface area contributed by atoms with Gasteiger partial charge >= 0.3 is 5.69 Å². The maximum Gasteiger partial charge on any atom is 0.330 e. The van der Waals surface area contributed by atoms with Crippen molar-refractivity contribution in [2.75, 3.05) is 6.67 Å². The Hall–Kier alpha value is -1.48. The van der Waals surface area contributed by atoms with Gasteiger partial charge in [-0.1, -0.05) is 0 Å². The molecule has 2 aromatic heterocycles. The number of nitrogens with zero attached hydrogens (tertiary/aromatic N) is 3. The van der Waals surface area contributed by atoms with Gasteiger partial charge in [0.15, 0.2) is 15.9 Å². The number of aryl methyl sites for hydroxylation is 1. The highest BCUT2D eigenvalue weighted by Crippen LogP contribution is 2.14. The van der Waals surface area contributed by atoms with Crippen LogP contribution in [0.25, 0.3) is 11.2 Å². The molecule has 2 rings (SSSR count). The fraction of sp³-hybridized carbons (Fsp3) is 0.444. The van der Waals surface area contributed by atoms with Gasteiger partial charge in [0, 0.05) is 7.05 Å². The summed E-state index contributed by atoms with van der Waals surface area (Å²) in [5.41, 5.74) is -1.04. The molecule has 0 fully saturated rings. The summed E-state index contributed by atoms with van der Waals surface area (Å²) in [6, 6.07) is 0. The van der Waals surface area contributed by atoms with Gasteiger partial charge < -0.3 is 9.67 Å². The second-order valence-corrected chi connectivity index (χ2v) is 4.50. The molecule has 2 aromatic rings. The van der Waals surface area contributed by atoms with Crippen LogP contribution in [0.15, 0.2) is 14.3 Å². The Kier molecular flexibility index (Phi) is 3.35. The molecular formula is C9H10BrFN4O3. The van der Waals surface area contributed by atoms with E-state index >= 15 is 0 Å². The predicted molar refractivity (Wildman–Crippen MR) is 65.3 cm³/mol. The van der Waals surface area contributed by atoms with Crippen LogP contribution in [-0.4, -0.2) is 37.0 Å². The van der Waals surface area contributed by atoms with Gasteiger partial charge in [-0.25, -0.2) is 14.2 Å². The lowest BCUT2D eigenvalue weighted by Gasteiger charge is -2.09. The molecule has 0 aromatic carbocycles. The van der Waals surface area contributed by atoms with Crippen molar-refractivity contribution in [1.29, 1.82) is 0 Å². The zero-order valence-corrected chi connectivity index (χ0v) is 10.9. The summed E-state index contributed by atoms with van der Waals surface area (Å²) in [7, 11) is 1.59. The minimum atomic E-state index is -1.32. The molecule has 1 atom stereocenters. The Balaban J connectivity index is 2.77. The molecule has 0 saturated heterocycles. The quantitative estimate of drug-likeness (QED) is 0.747. The summed E-state index contributed by atoms with van der Waals surface area (Å²) in [5, 5.41) is 9.27. The summed E-state index contributed by atoms with van der Waals surface area (Å²) >= 11 is 3.13. The molecule has 7 nitrogen and oxygen atoms in total. The first-order valence-electron chi connectivity index (χ1n) is 5.04. The molecule has 98 valence electrons. The Morgan fingerprint density at radius 2 is 2.22 bits per heavy atom. The molecule has 0 aliphatic carbocycles. The highest BCUT2D eigenvalue weighted by Gasteiger charge is 2.17. The zero-order valence-electron chi connectivity index (χ0n) is 9.35. The Morgan fingerprint density at radius 3 is 2.83 bits per heavy atom. The van der Waals surface area contributed by atoms with Crippen molar-refractivity contribution in [2.45, 2.75) is 12.6 Å². The lowest BCUT2D eigenvalue weighted by Crippen LogP contribution is -2.34. The number of H-pyrrole nitrogens is 1. The monoisotopic (exact) mass is 320 g/mol. The van der Waals surface area contributed by atoms with Gasteiger partial charge in [0.1, 0.15) is 12.8 Å². The number of rotatable bonds is 3. The van der Waals surface area contributed by atoms with Gasteiger partial charge in [0.25, 0.3) is 5.56 Å². The maximum atomic E-state index is 12.3. The van der Waals surface area contributed by atoms with Crippen molar-refractivity contribution in [3.63, 3.8) is 0 Å². The van der Waals surface area contributed by atoms with E-state index in [1.165, 1.54) is 4.57 Å². The summed E-state index contributed by atoms with van der Waals surface area (Å²) in [5.74, 6) is 0. The van der Waals surface area contributed by atoms with E-state index in [-0.39, 0.29) is 17.7 Å². The van der Waals surface area contributed by atoms with E-state index in [1.54, 1.807) is 7.05 Å². The van der Waals surface area contributed by atoms with E-state index in [2.05, 4.69) is 25.9 Å². The summed E-state index contributed by atoms with van der Waals surface area (Å²) in [4.78, 5) is 29.4. The number of halogens is 2. The number of fused-ring (bicyclic) bond motifs is 1. The van der Waals surface area contributed by atoms with Gasteiger partial charge in [-0.15, -0.1) is 0 Å². The van der Waals surface area contributed by atoms with E-state index < -0.39 is 24.0 Å². The van der Waals surface area contributed by atoms with Gasteiger partial charge in [-0.2, -0.15) is 0 Å². The standard InChI is InChI=1S/C9H10BrFN4O3/c1-14-5-6(12-8(14)10)15(3-4(16)2-11)9(18)13-7(5)17/h4,16H,2-3H2,1H3,(H,13,17,18). The first-order valence-corrected chi connectivity index (χ1v) is 5.84. The molecule has 2 N–H and O–H groups in total. The highest BCUT2D eigenvalue weighted by molar-refractivity contribution is 9.10. The maximum absolute atomic E-state index is 12.3. The van der Waals surface area contributed by atoms with Crippen molar-refractivity contribution in [3.05, 3.63) is 25.6 Å². The molecule has 18 heavy (non-hydrogen) atoms. The zero-order chi connectivity index (χ0) is 13.4. The van der Waals surface area contributed by atoms with Crippen molar-refractivity contribution >= 4 is 27.1 Å². The molecule has 9 heteroatoms. The number of hydrogen-bond donors (Lipinski definition) is 2. The summed E-state index contributed by atoms with van der Waals surface area (Å²) in [6.45, 7) is -1.26. The summed E-state index contributed by atoms with van der Waals surface area (Å²) < 4.78 is 15.1. The Morgan fingerprint density at radius 1 is 1.56 bits per heavy atom. The first kappa shape index (κ1) is 13.0. The second-order valence-electron chi connectivity index (χ2n) is 3.79. The normalized spacial score (nSPS) is 13.1. The molecule has 0 spiro atoms. The van der Waals surface area contributed by atoms with Crippen LogP contribution in [0.2, 0.25) is 0 Å². The van der Waals surface area contributed by atoms with Crippen LogP contribution in [0.5, 0.6) is 0 Å². The molecular weight excluding hydrogens is 311 g/mol. The molecule has 0 amide bonds. The second kappa shape index (κ2) is 4.65. The van der Waals surface area contributed by atoms with Crippen LogP contribution in [0.3, 0.4) is 0 Å². The van der Waals surface area contributed by atoms with Crippen LogP contribution < -0.4 is 11.2 Å². The Bertz CT molecular complexity index is 704. The molecule has 2 heterocycles. The van der Waals surface area contributed by atoms with E-state index in [0.29, 0.717) is 4.73 Å². The average Bonchev–Trinajstić information content (AvgIpc) is 2.61. The van der Waals surface area contributed by atoms with E-state index in [9.17, 15) is 19.1 Å². The minimum Gasteiger partial charge on any atom is -0.389 e. The van der Waals surface area contributed by atoms with Crippen molar-refractivity contribution in [2.24, 2.45) is 7.05 Å². The molecule has 0 aliphatic heterocycles. The third-order valence-electron chi connectivity index (χ3n) is 2.53. The largest absolute Gasteiger partial charge is 0.389 e. The Labute approximate surface area is 108 Å². The number of alkyl halides is 1. The fourth-order valence-corrected chi connectivity index (χ4v) is 1.99. The first-order chi connectivity index (χ1) is 8.45. The lowest BCUT2D eigenvalue weighted by molar-refractivity contribution is 0.121. The SMILES string of the molecule is Cn1c(Br)nc2c1c(=O)[nH]c(=O)n2CC(O)CF. The predicted octanol–water partition coefficient (Wildman–Crippen LogP) is -0.484. The number of aromatic amines is 1. The minimum absolute atomic E-state index is 0.102. The molecule has 0 bridgehead atoms. The van der Waals surface area contributed by atoms with Crippen LogP contribution in [-0.2, 0) is 13.6 Å². The average molecular weight is 321 g/mol. The van der Waals surface area contributed by atoms with Crippen LogP contribution in [0.1, 0.15) is 0 Å². The van der Waals surface area contributed by atoms with Crippen molar-refractivity contribution < 1.29 is 9.50 Å². The third kappa shape index (κ3) is 1.99. The van der Waals surface area contributed by atoms with Gasteiger partial charge in [-0.3, -0.25) is 14.3 Å². The fourth-order valence-electron chi connectivity index (χ4n) is 1.65. The number of nitrogens with one attached hydrogen (secondary N) is 1. The van der Waals surface area contributed by atoms with E-state index in [0.717, 1.165) is 4.57 Å². The van der Waals surface area contributed by atoms with Crippen LogP contribution >= 0.6 is 15.9 Å². The van der Waals surface area contributed by atoms with E-state index in [1.807, 2.05) is 0 Å². The number of imidazole rings is 1. The third-order valence-corrected chi connectivity index (χ3v) is 3.24. The molecule has 1 unspecified atom stereocenters. The van der Waals surface area contributed by atoms with Crippen molar-refractivity contribution in [1.82, 2.24) is 19.1 Å². The lowest BCUT2D eigenvalue weighted by atomic mass is 10.4. The topological polar surface area (TPSA) is 92.9 Å². The van der Waals surface area contributed by atoms with Gasteiger partial charge in [0.2, 0.25) is 0 Å². The van der Waals surface area contributed by atoms with Crippen LogP contribution in [0.4, 0.5) is 4.39 Å². The number of aromatic nitrogens is 4. The number of aliphatic hydroxyl groups excluding tert-OH is 1. The molecule has 0 aliphatic rings. The number of aliphatic hydroxyl groups is 1. The highest BCUT2D eigenvalue weighted by atomic mass is 79.9. The number of hydrogen-bond acceptors (Lipinski definition) is 4. The van der Waals surface area contributed by atoms with Crippen molar-refractivity contribution in [3.8, 4) is 0 Å². The smallest absolute Gasteiger partial charge is 0.330 e. The summed E-state index contributed by atoms with van der Waals surface area (Å²) in [6.07, 6.45) is -1.32. The van der Waals surface area contributed by atoms with Gasteiger partial charge in [-0.05, 0) is 15.9 Å². The molecule has 0 radical (unpaired) electrons. The van der Waals surface area contributed by atoms with Crippen LogP contribution in [0, 0.1) is 0 Å². The molecule has 0 saturated carbocycles.